The van der Waals surface area contributed by atoms with Gasteiger partial charge >= 0.3 is 0 Å². The molecule has 2 aromatic rings. The Labute approximate surface area is 143 Å². The van der Waals surface area contributed by atoms with Gasteiger partial charge in [0.2, 0.25) is 0 Å². The molecule has 0 saturated carbocycles. The fourth-order valence-electron chi connectivity index (χ4n) is 3.01. The van der Waals surface area contributed by atoms with Crippen molar-refractivity contribution in [3.63, 3.8) is 0 Å². The maximum absolute atomic E-state index is 12.7. The maximum Gasteiger partial charge on any atom is 0.253 e. The SMILES string of the molecule is CCCCOc1ccc(C(=O)N2CCC(c3ccccn3)C2)cc1. The Hall–Kier alpha value is -2.36. The minimum Gasteiger partial charge on any atom is -0.494 e. The lowest BCUT2D eigenvalue weighted by Crippen LogP contribution is -2.28. The molecule has 0 aliphatic carbocycles. The molecule has 1 aromatic heterocycles. The average molecular weight is 324 g/mol. The Balaban J connectivity index is 1.59. The summed E-state index contributed by atoms with van der Waals surface area (Å²) in [5.74, 6) is 1.26. The lowest BCUT2D eigenvalue weighted by atomic mass is 10.0. The van der Waals surface area contributed by atoms with Gasteiger partial charge in [0.15, 0.2) is 0 Å². The van der Waals surface area contributed by atoms with Crippen LogP contribution in [0.5, 0.6) is 5.75 Å². The maximum atomic E-state index is 12.7. The van der Waals surface area contributed by atoms with Crippen molar-refractivity contribution < 1.29 is 9.53 Å². The van der Waals surface area contributed by atoms with Crippen LogP contribution in [0.1, 0.15) is 48.2 Å². The van der Waals surface area contributed by atoms with Gasteiger partial charge in [-0.15, -0.1) is 0 Å². The molecule has 1 saturated heterocycles. The first-order valence-corrected chi connectivity index (χ1v) is 8.71. The summed E-state index contributed by atoms with van der Waals surface area (Å²) in [6, 6.07) is 13.5. The summed E-state index contributed by atoms with van der Waals surface area (Å²) in [5, 5.41) is 0. The largest absolute Gasteiger partial charge is 0.494 e. The number of carbonyl (C=O) groups excluding carboxylic acids is 1. The molecule has 0 radical (unpaired) electrons. The van der Waals surface area contributed by atoms with E-state index >= 15 is 0 Å². The number of aromatic nitrogens is 1. The van der Waals surface area contributed by atoms with Crippen molar-refractivity contribution in [3.05, 3.63) is 59.9 Å². The molecule has 1 aliphatic rings. The zero-order chi connectivity index (χ0) is 16.8. The third kappa shape index (κ3) is 3.94. The summed E-state index contributed by atoms with van der Waals surface area (Å²) in [7, 11) is 0. The van der Waals surface area contributed by atoms with Crippen LogP contribution in [-0.2, 0) is 0 Å². The molecule has 1 aliphatic heterocycles. The molecule has 2 heterocycles. The van der Waals surface area contributed by atoms with Gasteiger partial charge in [-0.05, 0) is 49.2 Å². The summed E-state index contributed by atoms with van der Waals surface area (Å²) in [6.45, 7) is 4.39. The number of nitrogens with zero attached hydrogens (tertiary/aromatic N) is 2. The molecule has 1 fully saturated rings. The van der Waals surface area contributed by atoms with Crippen LogP contribution in [0.25, 0.3) is 0 Å². The van der Waals surface area contributed by atoms with Crippen LogP contribution in [0.3, 0.4) is 0 Å². The number of hydrogen-bond acceptors (Lipinski definition) is 3. The van der Waals surface area contributed by atoms with Gasteiger partial charge in [-0.2, -0.15) is 0 Å². The van der Waals surface area contributed by atoms with E-state index in [9.17, 15) is 4.79 Å². The predicted octanol–water partition coefficient (Wildman–Crippen LogP) is 3.89. The lowest BCUT2D eigenvalue weighted by Gasteiger charge is -2.17. The molecule has 1 unspecified atom stereocenters. The number of pyridine rings is 1. The van der Waals surface area contributed by atoms with E-state index in [4.69, 9.17) is 4.74 Å². The monoisotopic (exact) mass is 324 g/mol. The zero-order valence-electron chi connectivity index (χ0n) is 14.1. The molecule has 0 N–H and O–H groups in total. The van der Waals surface area contributed by atoms with Crippen LogP contribution < -0.4 is 4.74 Å². The second-order valence-corrected chi connectivity index (χ2v) is 6.22. The average Bonchev–Trinajstić information content (AvgIpc) is 3.13. The van der Waals surface area contributed by atoms with Crippen LogP contribution in [-0.4, -0.2) is 35.5 Å². The Morgan fingerprint density at radius 2 is 2.08 bits per heavy atom. The van der Waals surface area contributed by atoms with Crippen molar-refractivity contribution in [1.82, 2.24) is 9.88 Å². The molecule has 126 valence electrons. The fraction of sp³-hybridized carbons (Fsp3) is 0.400. The highest BCUT2D eigenvalue weighted by Crippen LogP contribution is 2.27. The van der Waals surface area contributed by atoms with Gasteiger partial charge in [-0.25, -0.2) is 0 Å². The van der Waals surface area contributed by atoms with E-state index in [1.807, 2.05) is 53.6 Å². The summed E-state index contributed by atoms with van der Waals surface area (Å²) in [6.07, 6.45) is 4.95. The Morgan fingerprint density at radius 1 is 1.25 bits per heavy atom. The topological polar surface area (TPSA) is 42.4 Å². The summed E-state index contributed by atoms with van der Waals surface area (Å²) >= 11 is 0. The third-order valence-corrected chi connectivity index (χ3v) is 4.45. The first-order valence-electron chi connectivity index (χ1n) is 8.71. The summed E-state index contributed by atoms with van der Waals surface area (Å²) in [5.41, 5.74) is 1.80. The molecule has 3 rings (SSSR count). The van der Waals surface area contributed by atoms with Crippen LogP contribution in [0, 0.1) is 0 Å². The molecule has 24 heavy (non-hydrogen) atoms. The standard InChI is InChI=1S/C20H24N2O2/c1-2-3-14-24-18-9-7-16(8-10-18)20(23)22-13-11-17(15-22)19-6-4-5-12-21-19/h4-10,12,17H,2-3,11,13-15H2,1H3. The summed E-state index contributed by atoms with van der Waals surface area (Å²) < 4.78 is 5.65. The Bertz CT molecular complexity index is 655. The number of carbonyl (C=O) groups is 1. The molecular weight excluding hydrogens is 300 g/mol. The molecule has 4 nitrogen and oxygen atoms in total. The van der Waals surface area contributed by atoms with E-state index in [1.54, 1.807) is 0 Å². The third-order valence-electron chi connectivity index (χ3n) is 4.45. The van der Waals surface area contributed by atoms with Gasteiger partial charge in [0.25, 0.3) is 5.91 Å². The number of hydrogen-bond donors (Lipinski definition) is 0. The van der Waals surface area contributed by atoms with Crippen molar-refractivity contribution in [2.75, 3.05) is 19.7 Å². The van der Waals surface area contributed by atoms with Crippen LogP contribution >= 0.6 is 0 Å². The molecule has 1 amide bonds. The van der Waals surface area contributed by atoms with Crippen molar-refractivity contribution in [2.24, 2.45) is 0 Å². The van der Waals surface area contributed by atoms with Crippen molar-refractivity contribution in [3.8, 4) is 5.75 Å². The van der Waals surface area contributed by atoms with Gasteiger partial charge in [-0.1, -0.05) is 19.4 Å². The molecule has 1 aromatic carbocycles. The van der Waals surface area contributed by atoms with E-state index in [0.29, 0.717) is 5.92 Å². The molecule has 0 bridgehead atoms. The van der Waals surface area contributed by atoms with Crippen molar-refractivity contribution in [1.29, 1.82) is 0 Å². The Kier molecular flexibility index (Phi) is 5.47. The smallest absolute Gasteiger partial charge is 0.253 e. The number of amides is 1. The highest BCUT2D eigenvalue weighted by Gasteiger charge is 2.28. The van der Waals surface area contributed by atoms with E-state index < -0.39 is 0 Å². The van der Waals surface area contributed by atoms with Gasteiger partial charge < -0.3 is 9.64 Å². The molecule has 4 heteroatoms. The van der Waals surface area contributed by atoms with Gasteiger partial charge in [0.1, 0.15) is 5.75 Å². The second kappa shape index (κ2) is 7.95. The minimum atomic E-state index is 0.0912. The number of unbranched alkanes of at least 4 members (excludes halogenated alkanes) is 1. The molecule has 0 spiro atoms. The zero-order valence-corrected chi connectivity index (χ0v) is 14.1. The molecular formula is C20H24N2O2. The first-order chi connectivity index (χ1) is 11.8. The first kappa shape index (κ1) is 16.5. The number of ether oxygens (including phenoxy) is 1. The van der Waals surface area contributed by atoms with Crippen molar-refractivity contribution >= 4 is 5.91 Å². The van der Waals surface area contributed by atoms with Gasteiger partial charge in [0.05, 0.1) is 6.61 Å². The highest BCUT2D eigenvalue weighted by molar-refractivity contribution is 5.94. The van der Waals surface area contributed by atoms with Crippen LogP contribution in [0.15, 0.2) is 48.7 Å². The molecule has 1 atom stereocenters. The summed E-state index contributed by atoms with van der Waals surface area (Å²) in [4.78, 5) is 19.0. The van der Waals surface area contributed by atoms with E-state index in [0.717, 1.165) is 56.0 Å². The lowest BCUT2D eigenvalue weighted by molar-refractivity contribution is 0.0790. The second-order valence-electron chi connectivity index (χ2n) is 6.22. The van der Waals surface area contributed by atoms with Gasteiger partial charge in [0, 0.05) is 36.5 Å². The normalized spacial score (nSPS) is 17.0. The van der Waals surface area contributed by atoms with Crippen LogP contribution in [0.2, 0.25) is 0 Å². The minimum absolute atomic E-state index is 0.0912. The van der Waals surface area contributed by atoms with Crippen LogP contribution in [0.4, 0.5) is 0 Å². The Morgan fingerprint density at radius 3 is 2.79 bits per heavy atom. The van der Waals surface area contributed by atoms with E-state index in [2.05, 4.69) is 11.9 Å². The fourth-order valence-corrected chi connectivity index (χ4v) is 3.01. The highest BCUT2D eigenvalue weighted by atomic mass is 16.5. The quantitative estimate of drug-likeness (QED) is 0.757. The predicted molar refractivity (Wildman–Crippen MR) is 94.3 cm³/mol. The number of rotatable bonds is 6. The van der Waals surface area contributed by atoms with E-state index in [-0.39, 0.29) is 5.91 Å². The van der Waals surface area contributed by atoms with E-state index in [1.165, 1.54) is 0 Å². The number of likely N-dealkylation sites (tertiary alicyclic amines) is 1. The van der Waals surface area contributed by atoms with Gasteiger partial charge in [-0.3, -0.25) is 9.78 Å². The van der Waals surface area contributed by atoms with Crippen molar-refractivity contribution in [2.45, 2.75) is 32.1 Å². The number of benzene rings is 1.